The van der Waals surface area contributed by atoms with Gasteiger partial charge in [0.1, 0.15) is 11.9 Å². The molecule has 2 aromatic carbocycles. The highest BCUT2D eigenvalue weighted by atomic mass is 16.5. The second kappa shape index (κ2) is 7.11. The fourth-order valence-corrected chi connectivity index (χ4v) is 2.93. The van der Waals surface area contributed by atoms with Gasteiger partial charge in [-0.1, -0.05) is 12.1 Å². The molecule has 0 radical (unpaired) electrons. The minimum atomic E-state index is -0.175. The highest BCUT2D eigenvalue weighted by Gasteiger charge is 2.19. The fraction of sp³-hybridized carbons (Fsp3) is 0.143. The predicted molar refractivity (Wildman–Crippen MR) is 103 cm³/mol. The van der Waals surface area contributed by atoms with Crippen LogP contribution in [0.4, 0.5) is 0 Å². The summed E-state index contributed by atoms with van der Waals surface area (Å²) in [5.41, 5.74) is 2.98. The number of methoxy groups -OCH3 is 1. The van der Waals surface area contributed by atoms with Gasteiger partial charge in [-0.25, -0.2) is 4.98 Å². The van der Waals surface area contributed by atoms with E-state index in [4.69, 9.17) is 9.47 Å². The summed E-state index contributed by atoms with van der Waals surface area (Å²) in [6, 6.07) is 14.9. The molecule has 1 N–H and O–H groups in total. The molecule has 4 aromatic rings. The summed E-state index contributed by atoms with van der Waals surface area (Å²) in [5.74, 6) is 1.16. The maximum absolute atomic E-state index is 12.7. The van der Waals surface area contributed by atoms with Gasteiger partial charge in [-0.2, -0.15) is 4.57 Å². The molecular formula is C21H19N4O3+. The molecule has 0 spiro atoms. The third-order valence-corrected chi connectivity index (χ3v) is 4.34. The number of aromatic nitrogens is 4. The van der Waals surface area contributed by atoms with Crippen LogP contribution in [0.2, 0.25) is 0 Å². The maximum Gasteiger partial charge on any atom is 0.501 e. The number of nitrogens with one attached hydrogen (secondary N) is 1. The molecule has 0 aliphatic rings. The standard InChI is InChI=1S/C21H18N4O3/c1-13-12-25(2)21(27-3)24-20(13)28-15-10-8-14(9-11-15)18(26)19-22-16-6-4-5-7-17(16)23-19/h4-12H,1-3H3/p+1. The van der Waals surface area contributed by atoms with Crippen molar-refractivity contribution in [3.8, 4) is 17.6 Å². The Bertz CT molecular complexity index is 1130. The lowest BCUT2D eigenvalue weighted by Gasteiger charge is -2.06. The summed E-state index contributed by atoms with van der Waals surface area (Å²) in [7, 11) is 3.40. The first kappa shape index (κ1) is 17.7. The highest BCUT2D eigenvalue weighted by molar-refractivity contribution is 6.08. The number of hydrogen-bond acceptors (Lipinski definition) is 5. The van der Waals surface area contributed by atoms with Gasteiger partial charge in [-0.3, -0.25) is 4.79 Å². The summed E-state index contributed by atoms with van der Waals surface area (Å²) in [6.07, 6.45) is 1.88. The monoisotopic (exact) mass is 375 g/mol. The quantitative estimate of drug-likeness (QED) is 0.428. The van der Waals surface area contributed by atoms with Crippen molar-refractivity contribution >= 4 is 16.8 Å². The van der Waals surface area contributed by atoms with Crippen LogP contribution >= 0.6 is 0 Å². The minimum absolute atomic E-state index is 0.175. The Morgan fingerprint density at radius 3 is 2.54 bits per heavy atom. The molecule has 0 fully saturated rings. The van der Waals surface area contributed by atoms with E-state index in [0.717, 1.165) is 16.6 Å². The van der Waals surface area contributed by atoms with Crippen molar-refractivity contribution in [2.24, 2.45) is 7.05 Å². The molecule has 0 unspecified atom stereocenters. The number of carbonyl (C=O) groups excluding carboxylic acids is 1. The zero-order chi connectivity index (χ0) is 19.7. The van der Waals surface area contributed by atoms with Crippen LogP contribution in [-0.4, -0.2) is 27.8 Å². The summed E-state index contributed by atoms with van der Waals surface area (Å²) < 4.78 is 12.9. The number of imidazole rings is 1. The van der Waals surface area contributed by atoms with Crippen LogP contribution < -0.4 is 14.0 Å². The van der Waals surface area contributed by atoms with E-state index in [2.05, 4.69) is 15.0 Å². The Labute approximate surface area is 161 Å². The van der Waals surface area contributed by atoms with Crippen molar-refractivity contribution in [1.82, 2.24) is 15.0 Å². The van der Waals surface area contributed by atoms with Gasteiger partial charge in [0, 0.05) is 10.5 Å². The molecule has 0 saturated heterocycles. The van der Waals surface area contributed by atoms with Crippen molar-refractivity contribution in [2.45, 2.75) is 6.92 Å². The maximum atomic E-state index is 12.7. The Morgan fingerprint density at radius 2 is 1.82 bits per heavy atom. The molecule has 4 rings (SSSR count). The van der Waals surface area contributed by atoms with E-state index in [1.807, 2.05) is 44.4 Å². The Morgan fingerprint density at radius 1 is 1.07 bits per heavy atom. The van der Waals surface area contributed by atoms with Crippen LogP contribution in [0.3, 0.4) is 0 Å². The number of benzene rings is 2. The lowest BCUT2D eigenvalue weighted by Crippen LogP contribution is -2.31. The Hall–Kier alpha value is -3.74. The third-order valence-electron chi connectivity index (χ3n) is 4.34. The molecule has 28 heavy (non-hydrogen) atoms. The second-order valence-electron chi connectivity index (χ2n) is 6.38. The Balaban J connectivity index is 1.56. The third kappa shape index (κ3) is 3.29. The Kier molecular flexibility index (Phi) is 4.49. The number of hydrogen-bond donors (Lipinski definition) is 1. The molecule has 2 aromatic heterocycles. The van der Waals surface area contributed by atoms with Gasteiger partial charge >= 0.3 is 11.9 Å². The number of para-hydroxylation sites is 2. The second-order valence-corrected chi connectivity index (χ2v) is 6.38. The van der Waals surface area contributed by atoms with Crippen molar-refractivity contribution < 1.29 is 18.8 Å². The molecule has 0 bridgehead atoms. The van der Waals surface area contributed by atoms with E-state index < -0.39 is 0 Å². The summed E-state index contributed by atoms with van der Waals surface area (Å²) in [6.45, 7) is 1.90. The van der Waals surface area contributed by atoms with E-state index in [-0.39, 0.29) is 5.78 Å². The highest BCUT2D eigenvalue weighted by Crippen LogP contribution is 2.24. The molecule has 140 valence electrons. The molecular weight excluding hydrogens is 356 g/mol. The lowest BCUT2D eigenvalue weighted by atomic mass is 10.1. The SMILES string of the molecule is COc1nc(Oc2ccc(C(=O)c3nc4ccccc4[nH]3)cc2)c(C)c[n+]1C. The lowest BCUT2D eigenvalue weighted by molar-refractivity contribution is -0.680. The van der Waals surface area contributed by atoms with Crippen molar-refractivity contribution in [1.29, 1.82) is 0 Å². The normalized spacial score (nSPS) is 10.8. The number of ketones is 1. The first-order valence-corrected chi connectivity index (χ1v) is 8.74. The predicted octanol–water partition coefficient (Wildman–Crippen LogP) is 3.12. The number of rotatable bonds is 5. The molecule has 7 heteroatoms. The number of aromatic amines is 1. The number of H-pyrrole nitrogens is 1. The molecule has 0 aliphatic heterocycles. The topological polar surface area (TPSA) is 81.0 Å². The zero-order valence-electron chi connectivity index (χ0n) is 15.8. The van der Waals surface area contributed by atoms with Crippen LogP contribution in [0.5, 0.6) is 17.6 Å². The fourth-order valence-electron chi connectivity index (χ4n) is 2.93. The van der Waals surface area contributed by atoms with Crippen molar-refractivity contribution in [2.75, 3.05) is 7.11 Å². The average molecular weight is 375 g/mol. The summed E-state index contributed by atoms with van der Waals surface area (Å²) in [4.78, 5) is 24.5. The van der Waals surface area contributed by atoms with E-state index in [9.17, 15) is 4.79 Å². The molecule has 2 heterocycles. The summed E-state index contributed by atoms with van der Waals surface area (Å²) >= 11 is 0. The van der Waals surface area contributed by atoms with Gasteiger partial charge in [0.25, 0.3) is 0 Å². The molecule has 0 saturated carbocycles. The van der Waals surface area contributed by atoms with Gasteiger partial charge in [0.05, 0.1) is 30.8 Å². The van der Waals surface area contributed by atoms with Gasteiger partial charge < -0.3 is 14.5 Å². The molecule has 7 nitrogen and oxygen atoms in total. The van der Waals surface area contributed by atoms with E-state index in [1.165, 1.54) is 0 Å². The van der Waals surface area contributed by atoms with Gasteiger partial charge in [0.15, 0.2) is 5.82 Å². The van der Waals surface area contributed by atoms with Crippen molar-refractivity contribution in [3.05, 3.63) is 71.7 Å². The number of carbonyl (C=O) groups is 1. The molecule has 0 atom stereocenters. The zero-order valence-corrected chi connectivity index (χ0v) is 15.8. The van der Waals surface area contributed by atoms with Crippen LogP contribution in [0.1, 0.15) is 21.7 Å². The van der Waals surface area contributed by atoms with Gasteiger partial charge in [0.2, 0.25) is 5.78 Å². The van der Waals surface area contributed by atoms with Gasteiger partial charge in [-0.05, 0) is 43.3 Å². The number of ether oxygens (including phenoxy) is 2. The van der Waals surface area contributed by atoms with Crippen molar-refractivity contribution in [3.63, 3.8) is 0 Å². The summed E-state index contributed by atoms with van der Waals surface area (Å²) in [5, 5.41) is 0. The number of fused-ring (bicyclic) bond motifs is 1. The van der Waals surface area contributed by atoms with E-state index >= 15 is 0 Å². The van der Waals surface area contributed by atoms with Gasteiger partial charge in [-0.15, -0.1) is 0 Å². The molecule has 0 amide bonds. The van der Waals surface area contributed by atoms with Crippen LogP contribution in [-0.2, 0) is 7.05 Å². The molecule has 0 aliphatic carbocycles. The number of aryl methyl sites for hydroxylation is 2. The van der Waals surface area contributed by atoms with Crippen LogP contribution in [0.15, 0.2) is 54.7 Å². The van der Waals surface area contributed by atoms with E-state index in [1.54, 1.807) is 35.9 Å². The van der Waals surface area contributed by atoms with Crippen LogP contribution in [0, 0.1) is 6.92 Å². The first-order chi connectivity index (χ1) is 13.5. The minimum Gasteiger partial charge on any atom is -0.431 e. The van der Waals surface area contributed by atoms with E-state index in [0.29, 0.717) is 29.0 Å². The number of nitrogens with zero attached hydrogens (tertiary/aromatic N) is 3. The smallest absolute Gasteiger partial charge is 0.431 e. The largest absolute Gasteiger partial charge is 0.501 e. The average Bonchev–Trinajstić information content (AvgIpc) is 3.14. The van der Waals surface area contributed by atoms with Crippen LogP contribution in [0.25, 0.3) is 11.0 Å². The first-order valence-electron chi connectivity index (χ1n) is 8.74.